The van der Waals surface area contributed by atoms with E-state index in [1.807, 2.05) is 68.4 Å². The number of nitrogens with zero attached hydrogens (tertiary/aromatic N) is 1. The van der Waals surface area contributed by atoms with Crippen LogP contribution in [-0.4, -0.2) is 18.4 Å². The number of rotatable bonds is 8. The van der Waals surface area contributed by atoms with Crippen molar-refractivity contribution in [3.8, 4) is 11.8 Å². The number of hydrogen-bond donors (Lipinski definition) is 2. The van der Waals surface area contributed by atoms with Crippen molar-refractivity contribution in [1.82, 2.24) is 5.32 Å². The third-order valence-corrected chi connectivity index (χ3v) is 5.08. The monoisotopic (exact) mass is 439 g/mol. The van der Waals surface area contributed by atoms with Gasteiger partial charge < -0.3 is 15.4 Å². The van der Waals surface area contributed by atoms with E-state index >= 15 is 0 Å². The first-order chi connectivity index (χ1) is 16.0. The van der Waals surface area contributed by atoms with Crippen LogP contribution in [0.1, 0.15) is 22.3 Å². The van der Waals surface area contributed by atoms with Gasteiger partial charge in [0.05, 0.1) is 0 Å². The summed E-state index contributed by atoms with van der Waals surface area (Å²) in [5.74, 6) is -0.273. The van der Waals surface area contributed by atoms with E-state index in [1.165, 1.54) is 6.08 Å². The van der Waals surface area contributed by atoms with Crippen LogP contribution in [0.5, 0.6) is 5.75 Å². The minimum atomic E-state index is -0.458. The number of amides is 2. The van der Waals surface area contributed by atoms with E-state index in [4.69, 9.17) is 4.74 Å². The fourth-order valence-corrected chi connectivity index (χ4v) is 3.10. The van der Waals surface area contributed by atoms with Crippen molar-refractivity contribution >= 4 is 23.6 Å². The average Bonchev–Trinajstić information content (AvgIpc) is 2.83. The zero-order valence-electron chi connectivity index (χ0n) is 18.6. The highest BCUT2D eigenvalue weighted by Gasteiger charge is 2.10. The van der Waals surface area contributed by atoms with Gasteiger partial charge in [0.2, 0.25) is 0 Å². The second-order valence-electron chi connectivity index (χ2n) is 7.49. The Morgan fingerprint density at radius 3 is 2.52 bits per heavy atom. The lowest BCUT2D eigenvalue weighted by Crippen LogP contribution is -2.23. The van der Waals surface area contributed by atoms with Gasteiger partial charge in [-0.15, -0.1) is 0 Å². The molecular formula is C27H25N3O3. The predicted molar refractivity (Wildman–Crippen MR) is 128 cm³/mol. The van der Waals surface area contributed by atoms with Crippen molar-refractivity contribution in [3.05, 3.63) is 101 Å². The van der Waals surface area contributed by atoms with Crippen molar-refractivity contribution in [2.45, 2.75) is 20.4 Å². The molecule has 33 heavy (non-hydrogen) atoms. The number of nitriles is 1. The number of benzene rings is 3. The Balaban J connectivity index is 1.60. The number of aryl methyl sites for hydroxylation is 1. The molecule has 6 heteroatoms. The van der Waals surface area contributed by atoms with Gasteiger partial charge in [-0.1, -0.05) is 54.6 Å². The van der Waals surface area contributed by atoms with Gasteiger partial charge in [-0.25, -0.2) is 0 Å². The van der Waals surface area contributed by atoms with Gasteiger partial charge in [-0.05, 0) is 60.4 Å². The summed E-state index contributed by atoms with van der Waals surface area (Å²) in [7, 11) is 0. The van der Waals surface area contributed by atoms with Crippen LogP contribution in [-0.2, 0) is 16.1 Å². The molecule has 0 fully saturated rings. The zero-order valence-corrected chi connectivity index (χ0v) is 18.6. The van der Waals surface area contributed by atoms with Crippen molar-refractivity contribution < 1.29 is 14.3 Å². The van der Waals surface area contributed by atoms with Gasteiger partial charge in [0.25, 0.3) is 11.8 Å². The first-order valence-corrected chi connectivity index (χ1v) is 10.5. The van der Waals surface area contributed by atoms with Crippen molar-refractivity contribution in [3.63, 3.8) is 0 Å². The van der Waals surface area contributed by atoms with Crippen LogP contribution in [0.25, 0.3) is 6.08 Å². The summed E-state index contributed by atoms with van der Waals surface area (Å²) >= 11 is 0. The van der Waals surface area contributed by atoms with Crippen LogP contribution in [0.15, 0.2) is 78.4 Å². The summed E-state index contributed by atoms with van der Waals surface area (Å²) in [6.07, 6.45) is 1.49. The Hall–Kier alpha value is -4.37. The Morgan fingerprint density at radius 1 is 1.00 bits per heavy atom. The molecule has 2 amide bonds. The average molecular weight is 440 g/mol. The molecule has 0 unspecified atom stereocenters. The Labute approximate surface area is 193 Å². The molecule has 3 aromatic carbocycles. The largest absolute Gasteiger partial charge is 0.484 e. The molecule has 2 N–H and O–H groups in total. The molecule has 0 saturated carbocycles. The predicted octanol–water partition coefficient (Wildman–Crippen LogP) is 4.54. The van der Waals surface area contributed by atoms with E-state index in [-0.39, 0.29) is 18.1 Å². The van der Waals surface area contributed by atoms with Gasteiger partial charge >= 0.3 is 0 Å². The van der Waals surface area contributed by atoms with Gasteiger partial charge in [-0.2, -0.15) is 5.26 Å². The number of carbonyl (C=O) groups is 2. The summed E-state index contributed by atoms with van der Waals surface area (Å²) in [5.41, 5.74) is 4.39. The van der Waals surface area contributed by atoms with Crippen molar-refractivity contribution in [2.24, 2.45) is 0 Å². The summed E-state index contributed by atoms with van der Waals surface area (Å²) in [4.78, 5) is 24.7. The summed E-state index contributed by atoms with van der Waals surface area (Å²) in [6.45, 7) is 4.10. The Kier molecular flexibility index (Phi) is 7.98. The molecular weight excluding hydrogens is 414 g/mol. The second kappa shape index (κ2) is 11.3. The highest BCUT2D eigenvalue weighted by Crippen LogP contribution is 2.19. The lowest BCUT2D eigenvalue weighted by molar-refractivity contribution is -0.118. The highest BCUT2D eigenvalue weighted by molar-refractivity contribution is 6.01. The molecule has 166 valence electrons. The number of ether oxygens (including phenoxy) is 1. The van der Waals surface area contributed by atoms with Crippen LogP contribution < -0.4 is 15.4 Å². The second-order valence-corrected chi connectivity index (χ2v) is 7.49. The standard InChI is InChI=1S/C27H25N3O3/c1-19-8-6-13-25(20(19)2)30-26(31)18-33-24-12-7-11-22(15-24)14-23(16-28)27(32)29-17-21-9-4-3-5-10-21/h3-15H,17-18H2,1-2H3,(H,29,32)(H,30,31)/b23-14+. The molecule has 0 aliphatic heterocycles. The first-order valence-electron chi connectivity index (χ1n) is 10.5. The van der Waals surface area contributed by atoms with Crippen LogP contribution in [0.4, 0.5) is 5.69 Å². The summed E-state index contributed by atoms with van der Waals surface area (Å²) < 4.78 is 5.61. The third kappa shape index (κ3) is 6.81. The minimum absolute atomic E-state index is 0.0178. The van der Waals surface area contributed by atoms with Crippen LogP contribution in [0.3, 0.4) is 0 Å². The maximum absolute atomic E-state index is 12.4. The maximum atomic E-state index is 12.4. The van der Waals surface area contributed by atoms with Gasteiger partial charge in [0.1, 0.15) is 17.4 Å². The summed E-state index contributed by atoms with van der Waals surface area (Å²) in [6, 6.07) is 24.0. The molecule has 3 aromatic rings. The fraction of sp³-hybridized carbons (Fsp3) is 0.148. The van der Waals surface area contributed by atoms with Crippen molar-refractivity contribution in [1.29, 1.82) is 5.26 Å². The van der Waals surface area contributed by atoms with E-state index in [2.05, 4.69) is 10.6 Å². The Bertz CT molecular complexity index is 1210. The topological polar surface area (TPSA) is 91.2 Å². The van der Waals surface area contributed by atoms with Crippen LogP contribution in [0.2, 0.25) is 0 Å². The molecule has 0 aliphatic rings. The van der Waals surface area contributed by atoms with Gasteiger partial charge in [0, 0.05) is 12.2 Å². The molecule has 0 bridgehead atoms. The molecule has 0 radical (unpaired) electrons. The lowest BCUT2D eigenvalue weighted by atomic mass is 10.1. The van der Waals surface area contributed by atoms with Crippen LogP contribution in [0, 0.1) is 25.2 Å². The van der Waals surface area contributed by atoms with Gasteiger partial charge in [-0.3, -0.25) is 9.59 Å². The number of anilines is 1. The molecule has 0 spiro atoms. The number of hydrogen-bond acceptors (Lipinski definition) is 4. The molecule has 3 rings (SSSR count). The van der Waals surface area contributed by atoms with Crippen LogP contribution >= 0.6 is 0 Å². The normalized spacial score (nSPS) is 10.8. The zero-order chi connectivity index (χ0) is 23.6. The SMILES string of the molecule is Cc1cccc(NC(=O)COc2cccc(/C=C(\C#N)C(=O)NCc3ccccc3)c2)c1C. The maximum Gasteiger partial charge on any atom is 0.262 e. The minimum Gasteiger partial charge on any atom is -0.484 e. The molecule has 6 nitrogen and oxygen atoms in total. The summed E-state index contributed by atoms with van der Waals surface area (Å²) in [5, 5.41) is 15.0. The fourth-order valence-electron chi connectivity index (χ4n) is 3.10. The number of carbonyl (C=O) groups excluding carboxylic acids is 2. The smallest absolute Gasteiger partial charge is 0.262 e. The van der Waals surface area contributed by atoms with E-state index < -0.39 is 5.91 Å². The lowest BCUT2D eigenvalue weighted by Gasteiger charge is -2.11. The third-order valence-electron chi connectivity index (χ3n) is 5.08. The highest BCUT2D eigenvalue weighted by atomic mass is 16.5. The van der Waals surface area contributed by atoms with E-state index in [0.717, 1.165) is 22.4 Å². The quantitative estimate of drug-likeness (QED) is 0.398. The van der Waals surface area contributed by atoms with E-state index in [9.17, 15) is 14.9 Å². The Morgan fingerprint density at radius 2 is 1.76 bits per heavy atom. The molecule has 0 saturated heterocycles. The number of nitrogens with one attached hydrogen (secondary N) is 2. The van der Waals surface area contributed by atoms with Crippen molar-refractivity contribution in [2.75, 3.05) is 11.9 Å². The van der Waals surface area contributed by atoms with E-state index in [1.54, 1.807) is 24.3 Å². The molecule has 0 atom stereocenters. The van der Waals surface area contributed by atoms with E-state index in [0.29, 0.717) is 17.9 Å². The van der Waals surface area contributed by atoms with Gasteiger partial charge in [0.15, 0.2) is 6.61 Å². The molecule has 0 aliphatic carbocycles. The molecule has 0 aromatic heterocycles. The molecule has 0 heterocycles. The first kappa shape index (κ1) is 23.3.